The van der Waals surface area contributed by atoms with Gasteiger partial charge in [-0.3, -0.25) is 9.48 Å². The van der Waals surface area contributed by atoms with Crippen LogP contribution in [0.3, 0.4) is 0 Å². The third kappa shape index (κ3) is 1.81. The van der Waals surface area contributed by atoms with Crippen molar-refractivity contribution < 1.29 is 4.79 Å². The summed E-state index contributed by atoms with van der Waals surface area (Å²) in [6.07, 6.45) is 5.07. The molecule has 0 amide bonds. The Kier molecular flexibility index (Phi) is 2.43. The molecule has 0 aliphatic heterocycles. The minimum atomic E-state index is 0.0539. The van der Waals surface area contributed by atoms with E-state index >= 15 is 0 Å². The molecule has 0 aliphatic rings. The fraction of sp³-hybridized carbons (Fsp3) is 0.333. The molecule has 3 heteroatoms. The van der Waals surface area contributed by atoms with Crippen molar-refractivity contribution in [1.29, 1.82) is 0 Å². The van der Waals surface area contributed by atoms with Crippen molar-refractivity contribution in [2.75, 3.05) is 0 Å². The summed E-state index contributed by atoms with van der Waals surface area (Å²) in [6, 6.07) is 0. The zero-order chi connectivity index (χ0) is 9.14. The molecule has 1 rings (SSSR count). The maximum absolute atomic E-state index is 10.6. The third-order valence-electron chi connectivity index (χ3n) is 1.77. The Bertz CT molecular complexity index is 323. The van der Waals surface area contributed by atoms with Crippen molar-refractivity contribution in [2.24, 2.45) is 7.05 Å². The second kappa shape index (κ2) is 3.34. The molecule has 0 aromatic carbocycles. The Morgan fingerprint density at radius 3 is 2.75 bits per heavy atom. The Morgan fingerprint density at radius 1 is 1.67 bits per heavy atom. The summed E-state index contributed by atoms with van der Waals surface area (Å²) < 4.78 is 1.78. The van der Waals surface area contributed by atoms with Crippen LogP contribution in [0.1, 0.15) is 18.2 Å². The molecule has 0 aliphatic carbocycles. The molecule has 1 aromatic heterocycles. The fourth-order valence-corrected chi connectivity index (χ4v) is 0.886. The van der Waals surface area contributed by atoms with Gasteiger partial charge in [-0.05, 0) is 26.0 Å². The van der Waals surface area contributed by atoms with E-state index in [9.17, 15) is 4.79 Å². The van der Waals surface area contributed by atoms with Crippen LogP contribution in [0.25, 0.3) is 6.08 Å². The highest BCUT2D eigenvalue weighted by atomic mass is 16.1. The maximum Gasteiger partial charge on any atom is 0.152 e. The first-order valence-electron chi connectivity index (χ1n) is 3.78. The summed E-state index contributed by atoms with van der Waals surface area (Å²) in [6.45, 7) is 3.50. The Morgan fingerprint density at radius 2 is 2.33 bits per heavy atom. The minimum absolute atomic E-state index is 0.0539. The third-order valence-corrected chi connectivity index (χ3v) is 1.77. The smallest absolute Gasteiger partial charge is 0.152 e. The fourth-order valence-electron chi connectivity index (χ4n) is 0.886. The lowest BCUT2D eigenvalue weighted by Gasteiger charge is -1.92. The number of hydrogen-bond donors (Lipinski definition) is 0. The predicted molar refractivity (Wildman–Crippen MR) is 47.7 cm³/mol. The lowest BCUT2D eigenvalue weighted by Crippen LogP contribution is -1.92. The number of allylic oxidation sites excluding steroid dienone is 1. The van der Waals surface area contributed by atoms with Crippen molar-refractivity contribution in [1.82, 2.24) is 9.78 Å². The minimum Gasteiger partial charge on any atom is -0.295 e. The molecule has 1 heterocycles. The number of aromatic nitrogens is 2. The number of rotatable bonds is 2. The van der Waals surface area contributed by atoms with Crippen molar-refractivity contribution in [3.63, 3.8) is 0 Å². The molecule has 0 saturated heterocycles. The van der Waals surface area contributed by atoms with Crippen LogP contribution < -0.4 is 0 Å². The highest BCUT2D eigenvalue weighted by Crippen LogP contribution is 2.07. The van der Waals surface area contributed by atoms with Gasteiger partial charge in [-0.15, -0.1) is 0 Å². The van der Waals surface area contributed by atoms with Crippen LogP contribution in [-0.2, 0) is 11.8 Å². The van der Waals surface area contributed by atoms with Gasteiger partial charge in [-0.1, -0.05) is 0 Å². The lowest BCUT2D eigenvalue weighted by atomic mass is 10.2. The van der Waals surface area contributed by atoms with Crippen molar-refractivity contribution in [3.05, 3.63) is 23.5 Å². The molecular weight excluding hydrogens is 152 g/mol. The van der Waals surface area contributed by atoms with Crippen molar-refractivity contribution >= 4 is 11.9 Å². The summed E-state index contributed by atoms with van der Waals surface area (Å²) in [7, 11) is 1.88. The van der Waals surface area contributed by atoms with Gasteiger partial charge in [0.05, 0.1) is 6.20 Å². The first-order valence-corrected chi connectivity index (χ1v) is 3.78. The predicted octanol–water partition coefficient (Wildman–Crippen LogP) is 1.33. The normalized spacial score (nSPS) is 10.9. The Labute approximate surface area is 71.7 Å². The second-order valence-corrected chi connectivity index (χ2v) is 2.75. The molecule has 12 heavy (non-hydrogen) atoms. The van der Waals surface area contributed by atoms with E-state index in [2.05, 4.69) is 5.10 Å². The van der Waals surface area contributed by atoms with Crippen molar-refractivity contribution in [3.8, 4) is 0 Å². The standard InChI is InChI=1S/C9H12N2O/c1-7(12)4-5-9-6-10-11(3)8(9)2/h4-6H,1-3H3. The van der Waals surface area contributed by atoms with Crippen LogP contribution in [0.5, 0.6) is 0 Å². The summed E-state index contributed by atoms with van der Waals surface area (Å²) in [5.41, 5.74) is 2.06. The van der Waals surface area contributed by atoms with Crippen LogP contribution in [0.2, 0.25) is 0 Å². The molecule has 3 nitrogen and oxygen atoms in total. The van der Waals surface area contributed by atoms with E-state index in [0.29, 0.717) is 0 Å². The first kappa shape index (κ1) is 8.71. The SMILES string of the molecule is CC(=O)C=Cc1cnn(C)c1C. The summed E-state index contributed by atoms with van der Waals surface area (Å²) in [4.78, 5) is 10.6. The van der Waals surface area contributed by atoms with E-state index in [4.69, 9.17) is 0 Å². The average molecular weight is 164 g/mol. The molecule has 0 radical (unpaired) electrons. The van der Waals surface area contributed by atoms with E-state index in [1.165, 1.54) is 6.92 Å². The highest BCUT2D eigenvalue weighted by Gasteiger charge is 1.98. The first-order chi connectivity index (χ1) is 5.61. The van der Waals surface area contributed by atoms with Gasteiger partial charge in [0.15, 0.2) is 5.78 Å². The number of hydrogen-bond acceptors (Lipinski definition) is 2. The van der Waals surface area contributed by atoms with Crippen LogP contribution in [-0.4, -0.2) is 15.6 Å². The number of ketones is 1. The van der Waals surface area contributed by atoms with Gasteiger partial charge in [-0.2, -0.15) is 5.10 Å². The average Bonchev–Trinajstić information content (AvgIpc) is 2.30. The monoisotopic (exact) mass is 164 g/mol. The van der Waals surface area contributed by atoms with Crippen molar-refractivity contribution in [2.45, 2.75) is 13.8 Å². The summed E-state index contributed by atoms with van der Waals surface area (Å²) in [5.74, 6) is 0.0539. The quantitative estimate of drug-likeness (QED) is 0.618. The van der Waals surface area contributed by atoms with Gasteiger partial charge >= 0.3 is 0 Å². The highest BCUT2D eigenvalue weighted by molar-refractivity contribution is 5.91. The van der Waals surface area contributed by atoms with Crippen LogP contribution >= 0.6 is 0 Å². The molecule has 0 saturated carbocycles. The van der Waals surface area contributed by atoms with E-state index in [-0.39, 0.29) is 5.78 Å². The molecule has 64 valence electrons. The van der Waals surface area contributed by atoms with Gasteiger partial charge in [0.2, 0.25) is 0 Å². The van der Waals surface area contributed by atoms with E-state index in [1.54, 1.807) is 23.0 Å². The molecule has 0 N–H and O–H groups in total. The number of aryl methyl sites for hydroxylation is 1. The van der Waals surface area contributed by atoms with Crippen LogP contribution in [0, 0.1) is 6.92 Å². The van der Waals surface area contributed by atoms with Gasteiger partial charge in [0.1, 0.15) is 0 Å². The largest absolute Gasteiger partial charge is 0.295 e. The van der Waals surface area contributed by atoms with Crippen LogP contribution in [0.15, 0.2) is 12.3 Å². The van der Waals surface area contributed by atoms with E-state index in [0.717, 1.165) is 11.3 Å². The van der Waals surface area contributed by atoms with E-state index < -0.39 is 0 Å². The Balaban J connectivity index is 2.90. The molecule has 0 bridgehead atoms. The zero-order valence-corrected chi connectivity index (χ0v) is 7.53. The number of carbonyl (C=O) groups excluding carboxylic acids is 1. The molecule has 0 unspecified atom stereocenters. The molecule has 0 atom stereocenters. The maximum atomic E-state index is 10.6. The molecule has 0 spiro atoms. The Hall–Kier alpha value is -1.38. The topological polar surface area (TPSA) is 34.9 Å². The number of nitrogens with zero attached hydrogens (tertiary/aromatic N) is 2. The second-order valence-electron chi connectivity index (χ2n) is 2.75. The van der Waals surface area contributed by atoms with Gasteiger partial charge in [-0.25, -0.2) is 0 Å². The molecule has 0 fully saturated rings. The number of carbonyl (C=O) groups is 1. The van der Waals surface area contributed by atoms with E-state index in [1.807, 2.05) is 14.0 Å². The molecular formula is C9H12N2O. The molecule has 1 aromatic rings. The van der Waals surface area contributed by atoms with Crippen LogP contribution in [0.4, 0.5) is 0 Å². The van der Waals surface area contributed by atoms with Gasteiger partial charge < -0.3 is 0 Å². The summed E-state index contributed by atoms with van der Waals surface area (Å²) in [5, 5.41) is 4.05. The van der Waals surface area contributed by atoms with Gasteiger partial charge in [0.25, 0.3) is 0 Å². The summed E-state index contributed by atoms with van der Waals surface area (Å²) >= 11 is 0. The van der Waals surface area contributed by atoms with Gasteiger partial charge in [0, 0.05) is 18.3 Å². The zero-order valence-electron chi connectivity index (χ0n) is 7.53. The lowest BCUT2D eigenvalue weighted by molar-refractivity contribution is -0.112.